The molecule has 1 amide bonds. The summed E-state index contributed by atoms with van der Waals surface area (Å²) in [5.74, 6) is -0.249. The zero-order valence-corrected chi connectivity index (χ0v) is 18.3. The van der Waals surface area contributed by atoms with Crippen LogP contribution in [0.5, 0.6) is 0 Å². The molecule has 1 aliphatic heterocycles. The summed E-state index contributed by atoms with van der Waals surface area (Å²) in [4.78, 5) is 21.6. The molecule has 1 saturated carbocycles. The average molecular weight is 439 g/mol. The van der Waals surface area contributed by atoms with Crippen LogP contribution in [-0.2, 0) is 16.9 Å². The summed E-state index contributed by atoms with van der Waals surface area (Å²) in [5.41, 5.74) is 5.82. The molecule has 0 aromatic heterocycles. The number of guanidine groups is 1. The van der Waals surface area contributed by atoms with Crippen molar-refractivity contribution in [3.8, 4) is 0 Å². The van der Waals surface area contributed by atoms with E-state index >= 15 is 0 Å². The first-order valence-corrected chi connectivity index (χ1v) is 11.4. The Balaban J connectivity index is 1.43. The number of carbonyl (C=O) groups is 1. The van der Waals surface area contributed by atoms with Crippen molar-refractivity contribution >= 4 is 11.9 Å². The minimum Gasteiger partial charge on any atom is -0.375 e. The van der Waals surface area contributed by atoms with Gasteiger partial charge in [-0.1, -0.05) is 61.4 Å². The lowest BCUT2D eigenvalue weighted by Crippen LogP contribution is -2.58. The molecule has 0 spiro atoms. The van der Waals surface area contributed by atoms with Crippen molar-refractivity contribution in [2.45, 2.75) is 37.8 Å². The van der Waals surface area contributed by atoms with E-state index in [1.54, 1.807) is 23.1 Å². The predicted octanol–water partition coefficient (Wildman–Crippen LogP) is 2.86. The molecule has 0 radical (unpaired) electrons. The molecule has 1 atom stereocenters. The number of hydrogen-bond acceptors (Lipinski definition) is 3. The van der Waals surface area contributed by atoms with Gasteiger partial charge in [0.05, 0.1) is 6.54 Å². The molecule has 1 heterocycles. The number of nitrogens with zero attached hydrogens (tertiary/aromatic N) is 3. The second-order valence-electron chi connectivity index (χ2n) is 8.66. The lowest BCUT2D eigenvalue weighted by atomic mass is 9.79. The SMILES string of the molecule is NC(=NCc1ccccc1F)N1CCN(C(=O)C(O)(c2ccccc2)C2CCCC2)CC1. The van der Waals surface area contributed by atoms with Gasteiger partial charge in [0.2, 0.25) is 0 Å². The second-order valence-corrected chi connectivity index (χ2v) is 8.66. The van der Waals surface area contributed by atoms with Crippen LogP contribution in [0.15, 0.2) is 59.6 Å². The maximum Gasteiger partial charge on any atom is 0.259 e. The van der Waals surface area contributed by atoms with E-state index in [0.717, 1.165) is 25.7 Å². The average Bonchev–Trinajstić information content (AvgIpc) is 3.39. The molecule has 1 saturated heterocycles. The first-order chi connectivity index (χ1) is 15.5. The van der Waals surface area contributed by atoms with Gasteiger partial charge in [0, 0.05) is 37.7 Å². The number of benzene rings is 2. The van der Waals surface area contributed by atoms with Crippen molar-refractivity contribution in [2.75, 3.05) is 26.2 Å². The van der Waals surface area contributed by atoms with Gasteiger partial charge in [0.1, 0.15) is 5.82 Å². The number of piperazine rings is 1. The van der Waals surface area contributed by atoms with Crippen LogP contribution >= 0.6 is 0 Å². The summed E-state index contributed by atoms with van der Waals surface area (Å²) in [6.07, 6.45) is 3.78. The van der Waals surface area contributed by atoms with Crippen molar-refractivity contribution in [2.24, 2.45) is 16.6 Å². The molecule has 7 heteroatoms. The number of nitrogens with two attached hydrogens (primary N) is 1. The van der Waals surface area contributed by atoms with Gasteiger partial charge < -0.3 is 20.6 Å². The third kappa shape index (κ3) is 4.48. The van der Waals surface area contributed by atoms with E-state index in [4.69, 9.17) is 5.73 Å². The first kappa shape index (κ1) is 22.3. The fourth-order valence-electron chi connectivity index (χ4n) is 4.84. The minimum atomic E-state index is -1.50. The van der Waals surface area contributed by atoms with Gasteiger partial charge in [-0.2, -0.15) is 0 Å². The Bertz CT molecular complexity index is 953. The van der Waals surface area contributed by atoms with Crippen LogP contribution in [0.4, 0.5) is 4.39 Å². The topological polar surface area (TPSA) is 82.2 Å². The lowest BCUT2D eigenvalue weighted by Gasteiger charge is -2.41. The van der Waals surface area contributed by atoms with Gasteiger partial charge in [-0.15, -0.1) is 0 Å². The van der Waals surface area contributed by atoms with Crippen molar-refractivity contribution in [3.63, 3.8) is 0 Å². The number of amides is 1. The molecule has 2 aliphatic rings. The second kappa shape index (κ2) is 9.69. The van der Waals surface area contributed by atoms with Crippen LogP contribution in [0.25, 0.3) is 0 Å². The highest BCUT2D eigenvalue weighted by Crippen LogP contribution is 2.42. The Labute approximate surface area is 188 Å². The molecule has 2 aromatic rings. The highest BCUT2D eigenvalue weighted by molar-refractivity contribution is 5.87. The van der Waals surface area contributed by atoms with E-state index in [1.807, 2.05) is 35.2 Å². The van der Waals surface area contributed by atoms with E-state index in [0.29, 0.717) is 43.3 Å². The Kier molecular flexibility index (Phi) is 6.74. The van der Waals surface area contributed by atoms with E-state index in [1.165, 1.54) is 6.07 Å². The van der Waals surface area contributed by atoms with Crippen LogP contribution in [0.3, 0.4) is 0 Å². The fraction of sp³-hybridized carbons (Fsp3) is 0.440. The van der Waals surface area contributed by atoms with Gasteiger partial charge in [0.15, 0.2) is 11.6 Å². The highest BCUT2D eigenvalue weighted by atomic mass is 19.1. The maximum absolute atomic E-state index is 13.8. The van der Waals surface area contributed by atoms with Crippen molar-refractivity contribution in [3.05, 3.63) is 71.5 Å². The monoisotopic (exact) mass is 438 g/mol. The molecule has 6 nitrogen and oxygen atoms in total. The number of aliphatic imine (C=N–C) groups is 1. The summed E-state index contributed by atoms with van der Waals surface area (Å²) in [6.45, 7) is 2.13. The Hall–Kier alpha value is -2.93. The molecule has 32 heavy (non-hydrogen) atoms. The Morgan fingerprint density at radius 2 is 1.59 bits per heavy atom. The number of hydrogen-bond donors (Lipinski definition) is 2. The van der Waals surface area contributed by atoms with Gasteiger partial charge >= 0.3 is 0 Å². The minimum absolute atomic E-state index is 0.0668. The predicted molar refractivity (Wildman–Crippen MR) is 122 cm³/mol. The molecular formula is C25H31FN4O2. The largest absolute Gasteiger partial charge is 0.375 e. The number of halogens is 1. The molecule has 1 unspecified atom stereocenters. The molecule has 2 aromatic carbocycles. The van der Waals surface area contributed by atoms with Gasteiger partial charge in [-0.05, 0) is 24.5 Å². The van der Waals surface area contributed by atoms with Gasteiger partial charge in [-0.25, -0.2) is 9.38 Å². The summed E-state index contributed by atoms with van der Waals surface area (Å²) >= 11 is 0. The number of carbonyl (C=O) groups excluding carboxylic acids is 1. The zero-order valence-electron chi connectivity index (χ0n) is 18.3. The van der Waals surface area contributed by atoms with Crippen LogP contribution in [0, 0.1) is 11.7 Å². The van der Waals surface area contributed by atoms with Crippen molar-refractivity contribution in [1.29, 1.82) is 0 Å². The standard InChI is InChI=1S/C25H31FN4O2/c26-22-13-7-4-8-19(22)18-28-24(27)30-16-14-29(15-17-30)23(31)25(32,21-11-5-6-12-21)20-9-2-1-3-10-20/h1-4,7-10,13,21,32H,5-6,11-12,14-18H2,(H2,27,28). The maximum atomic E-state index is 13.8. The third-order valence-electron chi connectivity index (χ3n) is 6.75. The Morgan fingerprint density at radius 3 is 2.25 bits per heavy atom. The first-order valence-electron chi connectivity index (χ1n) is 11.4. The number of rotatable bonds is 5. The fourth-order valence-corrected chi connectivity index (χ4v) is 4.84. The van der Waals surface area contributed by atoms with E-state index in [-0.39, 0.29) is 24.2 Å². The van der Waals surface area contributed by atoms with Crippen LogP contribution in [-0.4, -0.2) is 53.0 Å². The normalized spacial score (nSPS) is 19.8. The van der Waals surface area contributed by atoms with Gasteiger partial charge in [-0.3, -0.25) is 4.79 Å². The highest BCUT2D eigenvalue weighted by Gasteiger charge is 2.48. The van der Waals surface area contributed by atoms with Gasteiger partial charge in [0.25, 0.3) is 5.91 Å². The molecule has 3 N–H and O–H groups in total. The van der Waals surface area contributed by atoms with Crippen molar-refractivity contribution in [1.82, 2.24) is 9.80 Å². The molecule has 2 fully saturated rings. The molecular weight excluding hydrogens is 407 g/mol. The summed E-state index contributed by atoms with van der Waals surface area (Å²) in [6, 6.07) is 15.8. The summed E-state index contributed by atoms with van der Waals surface area (Å²) < 4.78 is 13.8. The quantitative estimate of drug-likeness (QED) is 0.556. The molecule has 4 rings (SSSR count). The lowest BCUT2D eigenvalue weighted by molar-refractivity contribution is -0.160. The molecule has 170 valence electrons. The summed E-state index contributed by atoms with van der Waals surface area (Å²) in [7, 11) is 0. The van der Waals surface area contributed by atoms with Crippen molar-refractivity contribution < 1.29 is 14.3 Å². The smallest absolute Gasteiger partial charge is 0.259 e. The Morgan fingerprint density at radius 1 is 1.00 bits per heavy atom. The summed E-state index contributed by atoms with van der Waals surface area (Å²) in [5, 5.41) is 11.7. The molecule has 1 aliphatic carbocycles. The molecule has 0 bridgehead atoms. The van der Waals surface area contributed by atoms with Crippen LogP contribution in [0.1, 0.15) is 36.8 Å². The van der Waals surface area contributed by atoms with Crippen LogP contribution < -0.4 is 5.73 Å². The zero-order chi connectivity index (χ0) is 22.6. The van der Waals surface area contributed by atoms with E-state index in [9.17, 15) is 14.3 Å². The van der Waals surface area contributed by atoms with E-state index in [2.05, 4.69) is 4.99 Å². The number of aliphatic hydroxyl groups is 1. The van der Waals surface area contributed by atoms with E-state index < -0.39 is 5.60 Å². The third-order valence-corrected chi connectivity index (χ3v) is 6.75. The van der Waals surface area contributed by atoms with Crippen LogP contribution in [0.2, 0.25) is 0 Å².